The first-order valence-electron chi connectivity index (χ1n) is 16.9. The van der Waals surface area contributed by atoms with E-state index in [0.29, 0.717) is 0 Å². The number of hydrogen-bond acceptors (Lipinski definition) is 0. The van der Waals surface area contributed by atoms with E-state index in [1.54, 1.807) is 0 Å². The van der Waals surface area contributed by atoms with E-state index in [-0.39, 0.29) is 0 Å². The van der Waals surface area contributed by atoms with Gasteiger partial charge in [-0.15, -0.1) is 21.9 Å². The number of rotatable bonds is 7. The van der Waals surface area contributed by atoms with Crippen LogP contribution >= 0.6 is 0 Å². The Bertz CT molecular complexity index is 1860. The van der Waals surface area contributed by atoms with Crippen LogP contribution in [0, 0.1) is 116 Å². The summed E-state index contributed by atoms with van der Waals surface area (Å²) in [4.78, 5) is 1.83. The Balaban J connectivity index is 0.000000486. The number of nitrogens with one attached hydrogen (secondary N) is 1. The maximum atomic E-state index is 15.4. The Morgan fingerprint density at radius 2 is 0.483 bits per heavy atom. The van der Waals surface area contributed by atoms with Crippen molar-refractivity contribution in [3.63, 3.8) is 0 Å². The highest BCUT2D eigenvalue weighted by Gasteiger charge is 2.52. The van der Waals surface area contributed by atoms with Crippen molar-refractivity contribution in [3.05, 3.63) is 116 Å². The Morgan fingerprint density at radius 1 is 0.310 bits per heavy atom. The molecule has 5 rings (SSSR count). The highest BCUT2D eigenvalue weighted by molar-refractivity contribution is 7.20. The molecule has 4 aromatic rings. The van der Waals surface area contributed by atoms with Gasteiger partial charge in [0.1, 0.15) is 52.7 Å². The van der Waals surface area contributed by atoms with E-state index in [9.17, 15) is 52.7 Å². The molecule has 1 fully saturated rings. The van der Waals surface area contributed by atoms with Gasteiger partial charge in [-0.3, -0.25) is 0 Å². The van der Waals surface area contributed by atoms with Gasteiger partial charge in [0, 0.05) is 0 Å². The van der Waals surface area contributed by atoms with Crippen molar-refractivity contribution in [1.29, 1.82) is 0 Å². The molecule has 1 N–H and O–H groups in total. The van der Waals surface area contributed by atoms with E-state index >= 15 is 35.1 Å². The molecule has 0 saturated heterocycles. The van der Waals surface area contributed by atoms with Crippen molar-refractivity contribution in [2.24, 2.45) is 0 Å². The summed E-state index contributed by atoms with van der Waals surface area (Å²) in [5.41, 5.74) is -14.3. The van der Waals surface area contributed by atoms with Gasteiger partial charge in [-0.1, -0.05) is 6.42 Å². The predicted molar refractivity (Wildman–Crippen MR) is 167 cm³/mol. The van der Waals surface area contributed by atoms with Gasteiger partial charge in [0.25, 0.3) is 0 Å². The van der Waals surface area contributed by atoms with Crippen LogP contribution in [-0.4, -0.2) is 24.3 Å². The Hall–Kier alpha value is -4.50. The molecule has 0 radical (unpaired) electrons. The number of benzene rings is 4. The number of quaternary nitrogens is 1. The van der Waals surface area contributed by atoms with Crippen molar-refractivity contribution in [3.8, 4) is 0 Å². The van der Waals surface area contributed by atoms with Crippen LogP contribution in [0.3, 0.4) is 0 Å². The van der Waals surface area contributed by atoms with Crippen LogP contribution in [0.25, 0.3) is 0 Å². The van der Waals surface area contributed by atoms with E-state index < -0.39 is 144 Å². The fraction of sp³-hybridized carbons (Fsp3) is 0.333. The smallest absolute Gasteiger partial charge is 0.200 e. The molecule has 1 saturated carbocycles. The van der Waals surface area contributed by atoms with Gasteiger partial charge in [-0.2, -0.15) is 0 Å². The van der Waals surface area contributed by atoms with Gasteiger partial charge >= 0.3 is 0 Å². The van der Waals surface area contributed by atoms with E-state index in [1.165, 1.54) is 32.1 Å². The molecule has 58 heavy (non-hydrogen) atoms. The average Bonchev–Trinajstić information content (AvgIpc) is 3.18. The number of hydrogen-bond donors (Lipinski definition) is 1. The maximum absolute atomic E-state index is 15.4. The van der Waals surface area contributed by atoms with Crippen LogP contribution < -0.4 is 26.8 Å². The Labute approximate surface area is 315 Å². The van der Waals surface area contributed by atoms with Crippen molar-refractivity contribution >= 4 is 28.0 Å². The van der Waals surface area contributed by atoms with Crippen LogP contribution in [-0.2, 0) is 0 Å². The molecule has 0 heterocycles. The second-order valence-corrected chi connectivity index (χ2v) is 13.9. The van der Waals surface area contributed by atoms with Crippen LogP contribution in [0.15, 0.2) is 0 Å². The van der Waals surface area contributed by atoms with E-state index in [2.05, 4.69) is 27.7 Å². The van der Waals surface area contributed by atoms with Crippen molar-refractivity contribution in [1.82, 2.24) is 0 Å². The quantitative estimate of drug-likeness (QED) is 0.0836. The zero-order chi connectivity index (χ0) is 44.2. The summed E-state index contributed by atoms with van der Waals surface area (Å²) in [5.74, 6) is -71.4. The molecule has 1 aliphatic rings. The largest absolute Gasteiger partial charge is 0.329 e. The lowest BCUT2D eigenvalue weighted by molar-refractivity contribution is -0.967. The van der Waals surface area contributed by atoms with Crippen LogP contribution in [0.5, 0.6) is 0 Å². The third kappa shape index (κ3) is 7.15. The molecule has 0 aliphatic heterocycles. The van der Waals surface area contributed by atoms with Gasteiger partial charge in [0.15, 0.2) is 69.8 Å². The first-order chi connectivity index (χ1) is 26.8. The van der Waals surface area contributed by atoms with Gasteiger partial charge in [0.2, 0.25) is 0 Å². The molecular weight excluding hydrogens is 837 g/mol. The molecule has 22 heteroatoms. The summed E-state index contributed by atoms with van der Waals surface area (Å²) in [6, 6.07) is 2.54. The number of halogens is 20. The molecule has 318 valence electrons. The summed E-state index contributed by atoms with van der Waals surface area (Å²) in [5, 5.41) is 0. The fourth-order valence-electron chi connectivity index (χ4n) is 7.92. The van der Waals surface area contributed by atoms with Crippen molar-refractivity contribution in [2.45, 2.75) is 77.9 Å². The molecule has 0 atom stereocenters. The van der Waals surface area contributed by atoms with E-state index in [4.69, 9.17) is 0 Å². The molecule has 0 amide bonds. The highest BCUT2D eigenvalue weighted by Crippen LogP contribution is 2.30. The molecule has 0 spiro atoms. The lowest BCUT2D eigenvalue weighted by Gasteiger charge is -2.44. The van der Waals surface area contributed by atoms with Crippen LogP contribution in [0.1, 0.15) is 59.8 Å². The summed E-state index contributed by atoms with van der Waals surface area (Å²) in [6.07, 6.45) is 0.115. The summed E-state index contributed by atoms with van der Waals surface area (Å²) in [7, 11) is 0. The first-order valence-corrected chi connectivity index (χ1v) is 16.9. The van der Waals surface area contributed by atoms with E-state index in [0.717, 1.165) is 18.1 Å². The minimum Gasteiger partial charge on any atom is -0.329 e. The fourth-order valence-corrected chi connectivity index (χ4v) is 7.92. The van der Waals surface area contributed by atoms with Crippen molar-refractivity contribution in [2.75, 3.05) is 0 Å². The summed E-state index contributed by atoms with van der Waals surface area (Å²) in [6.45, 7) is 9.46. The predicted octanol–water partition coefficient (Wildman–Crippen LogP) is 7.87. The van der Waals surface area contributed by atoms with Crippen LogP contribution in [0.2, 0.25) is 0 Å². The molecule has 0 unspecified atom stereocenters. The normalized spacial score (nSPS) is 13.9. The zero-order valence-corrected chi connectivity index (χ0v) is 29.9. The van der Waals surface area contributed by atoms with Crippen LogP contribution in [0.4, 0.5) is 87.8 Å². The maximum Gasteiger partial charge on any atom is 0.200 e. The lowest BCUT2D eigenvalue weighted by atomic mass is 9.12. The third-order valence-electron chi connectivity index (χ3n) is 10.1. The van der Waals surface area contributed by atoms with Gasteiger partial charge in [-0.05, 0) is 53.4 Å². The second kappa shape index (κ2) is 17.0. The molecule has 0 bridgehead atoms. The molecular formula is C36H26BF20N. The van der Waals surface area contributed by atoms with E-state index in [1.807, 2.05) is 4.90 Å². The van der Waals surface area contributed by atoms with Gasteiger partial charge in [0.05, 0.1) is 18.1 Å². The Morgan fingerprint density at radius 3 is 0.655 bits per heavy atom. The summed E-state index contributed by atoms with van der Waals surface area (Å²) >= 11 is 0. The minimum atomic E-state index is -7.22. The topological polar surface area (TPSA) is 4.44 Å². The average molecular weight is 863 g/mol. The standard InChI is InChI=1S/C24BF20.C12H25N/c26-5-1(6(27)14(35)21(42)13(5)34)25(2-7(28)15(36)22(43)16(37)8(2)29,3-9(30)17(38)23(44)18(39)10(3)31)4-11(32)19(40)24(45)20(41)12(4)33;1-10(2)13(11(3)4)12-8-6-5-7-9-12/h;10-12H,5-9H2,1-4H3/q-1;/p+1. The van der Waals surface area contributed by atoms with Gasteiger partial charge in [-0.25, -0.2) is 87.8 Å². The zero-order valence-electron chi connectivity index (χ0n) is 29.9. The SMILES string of the molecule is CC(C)[NH+](C(C)C)C1CCCCC1.Fc1c(F)c(F)c([B-](c2c(F)c(F)c(F)c(F)c2F)(c2c(F)c(F)c(F)c(F)c2F)c2c(F)c(F)c(F)c(F)c2F)c(F)c1F. The summed E-state index contributed by atoms with van der Waals surface area (Å²) < 4.78 is 294. The minimum absolute atomic E-state index is 0.795. The monoisotopic (exact) mass is 863 g/mol. The molecule has 1 nitrogen and oxygen atoms in total. The first kappa shape index (κ1) is 46.2. The molecule has 4 aromatic carbocycles. The van der Waals surface area contributed by atoms with Gasteiger partial charge < -0.3 is 4.90 Å². The second-order valence-electron chi connectivity index (χ2n) is 13.9. The lowest BCUT2D eigenvalue weighted by Crippen LogP contribution is -3.21. The highest BCUT2D eigenvalue weighted by atomic mass is 19.2. The Kier molecular flexibility index (Phi) is 13.5. The molecule has 1 aliphatic carbocycles. The third-order valence-corrected chi connectivity index (χ3v) is 10.1. The molecule has 0 aromatic heterocycles. The van der Waals surface area contributed by atoms with Crippen molar-refractivity contribution < 1.29 is 92.7 Å².